The van der Waals surface area contributed by atoms with E-state index in [0.717, 1.165) is 25.7 Å². The lowest BCUT2D eigenvalue weighted by atomic mass is 9.96. The molecule has 3 aliphatic carbocycles. The van der Waals surface area contributed by atoms with E-state index < -0.39 is 30.1 Å². The maximum absolute atomic E-state index is 13.7. The summed E-state index contributed by atoms with van der Waals surface area (Å²) in [5, 5.41) is 19.5. The average molecular weight is 505 g/mol. The van der Waals surface area contributed by atoms with Crippen LogP contribution < -0.4 is 16.0 Å². The molecule has 9 nitrogen and oxygen atoms in total. The maximum atomic E-state index is 13.7. The van der Waals surface area contributed by atoms with Crippen molar-refractivity contribution in [3.63, 3.8) is 0 Å². The summed E-state index contributed by atoms with van der Waals surface area (Å²) in [6.07, 6.45) is 3.11. The smallest absolute Gasteiger partial charge is 0.251 e. The zero-order valence-electron chi connectivity index (χ0n) is 22.5. The van der Waals surface area contributed by atoms with Crippen molar-refractivity contribution in [2.45, 2.75) is 104 Å². The van der Waals surface area contributed by atoms with Crippen LogP contribution in [0.15, 0.2) is 0 Å². The minimum absolute atomic E-state index is 0.00840. The van der Waals surface area contributed by atoms with Gasteiger partial charge in [0.15, 0.2) is 6.10 Å². The SMILES string of the molecule is CC(C)C(=O)N[C@H](C(=O)N1C[C@H]2[C@@H]([C@H]1C(=O)NC(CC1CC1)C(O)C(=O)NC1CC1)C2(C)C)C(C)C. The van der Waals surface area contributed by atoms with Crippen LogP contribution in [0.5, 0.6) is 0 Å². The van der Waals surface area contributed by atoms with Crippen LogP contribution in [0.3, 0.4) is 0 Å². The summed E-state index contributed by atoms with van der Waals surface area (Å²) in [5.41, 5.74) is -0.0682. The van der Waals surface area contributed by atoms with Gasteiger partial charge in [-0.1, -0.05) is 54.4 Å². The topological polar surface area (TPSA) is 128 Å². The predicted octanol–water partition coefficient (Wildman–Crippen LogP) is 1.19. The number of piperidine rings is 1. The Bertz CT molecular complexity index is 895. The Labute approximate surface area is 214 Å². The number of aliphatic hydroxyl groups excluding tert-OH is 1. The second kappa shape index (κ2) is 9.95. The molecule has 202 valence electrons. The first-order valence-corrected chi connectivity index (χ1v) is 13.7. The highest BCUT2D eigenvalue weighted by Crippen LogP contribution is 2.65. The number of amides is 4. The number of aliphatic hydroxyl groups is 1. The molecule has 1 heterocycles. The molecular formula is C27H44N4O5. The fourth-order valence-corrected chi connectivity index (χ4v) is 5.77. The molecule has 0 aromatic rings. The number of fused-ring (bicyclic) bond motifs is 1. The van der Waals surface area contributed by atoms with Gasteiger partial charge in [0, 0.05) is 18.5 Å². The van der Waals surface area contributed by atoms with Crippen molar-refractivity contribution in [1.29, 1.82) is 0 Å². The molecule has 1 saturated heterocycles. The molecule has 0 bridgehead atoms. The van der Waals surface area contributed by atoms with Crippen molar-refractivity contribution in [1.82, 2.24) is 20.9 Å². The van der Waals surface area contributed by atoms with Gasteiger partial charge >= 0.3 is 0 Å². The van der Waals surface area contributed by atoms with E-state index in [0.29, 0.717) is 18.9 Å². The molecule has 4 N–H and O–H groups in total. The lowest BCUT2D eigenvalue weighted by molar-refractivity contribution is -0.145. The molecule has 2 unspecified atom stereocenters. The lowest BCUT2D eigenvalue weighted by Crippen LogP contribution is -2.60. The number of nitrogens with one attached hydrogen (secondary N) is 3. The van der Waals surface area contributed by atoms with Crippen molar-refractivity contribution in [2.24, 2.45) is 35.0 Å². The minimum Gasteiger partial charge on any atom is -0.381 e. The van der Waals surface area contributed by atoms with E-state index in [1.165, 1.54) is 0 Å². The third-order valence-electron chi connectivity index (χ3n) is 8.70. The molecule has 0 radical (unpaired) electrons. The standard InChI is InChI=1S/C27H44N4O5/c1-13(2)20(30-23(33)14(3)4)26(36)31-12-17-19(27(17,5)6)21(31)24(34)29-18(11-15-7-8-15)22(32)25(35)28-16-9-10-16/h13-22,32H,7-12H2,1-6H3,(H,28,35)(H,29,34)(H,30,33)/t17-,18?,19-,20-,21-,22?/m0/s1. The predicted molar refractivity (Wildman–Crippen MR) is 134 cm³/mol. The van der Waals surface area contributed by atoms with Crippen LogP contribution in [0.1, 0.15) is 73.6 Å². The Morgan fingerprint density at radius 1 is 0.972 bits per heavy atom. The Hall–Kier alpha value is -2.16. The van der Waals surface area contributed by atoms with Crippen LogP contribution in [0, 0.1) is 35.0 Å². The zero-order valence-corrected chi connectivity index (χ0v) is 22.5. The fraction of sp³-hybridized carbons (Fsp3) is 0.852. The largest absolute Gasteiger partial charge is 0.381 e. The lowest BCUT2D eigenvalue weighted by Gasteiger charge is -2.35. The third-order valence-corrected chi connectivity index (χ3v) is 8.70. The number of likely N-dealkylation sites (tertiary alicyclic amines) is 1. The maximum Gasteiger partial charge on any atom is 0.251 e. The summed E-state index contributed by atoms with van der Waals surface area (Å²) in [4.78, 5) is 54.1. The third kappa shape index (κ3) is 5.55. The summed E-state index contributed by atoms with van der Waals surface area (Å²) >= 11 is 0. The molecule has 4 rings (SSSR count). The summed E-state index contributed by atoms with van der Waals surface area (Å²) in [7, 11) is 0. The highest BCUT2D eigenvalue weighted by Gasteiger charge is 2.69. The average Bonchev–Trinajstić information content (AvgIpc) is 3.75. The van der Waals surface area contributed by atoms with Gasteiger partial charge in [-0.15, -0.1) is 0 Å². The van der Waals surface area contributed by atoms with Crippen LogP contribution in [0.4, 0.5) is 0 Å². The molecule has 1 aliphatic heterocycles. The van der Waals surface area contributed by atoms with Gasteiger partial charge in [0.2, 0.25) is 17.7 Å². The zero-order chi connectivity index (χ0) is 26.5. The van der Waals surface area contributed by atoms with Gasteiger partial charge in [-0.3, -0.25) is 19.2 Å². The second-order valence-corrected chi connectivity index (χ2v) is 12.8. The number of carbonyl (C=O) groups excluding carboxylic acids is 4. The van der Waals surface area contributed by atoms with E-state index in [1.54, 1.807) is 18.7 Å². The van der Waals surface area contributed by atoms with Crippen LogP contribution in [0.25, 0.3) is 0 Å². The Kier molecular flexibility index (Phi) is 7.43. The molecule has 4 amide bonds. The van der Waals surface area contributed by atoms with Crippen LogP contribution >= 0.6 is 0 Å². The second-order valence-electron chi connectivity index (χ2n) is 12.8. The summed E-state index contributed by atoms with van der Waals surface area (Å²) in [6, 6.07) is -1.97. The van der Waals surface area contributed by atoms with Crippen LogP contribution in [-0.2, 0) is 19.2 Å². The van der Waals surface area contributed by atoms with Crippen molar-refractivity contribution < 1.29 is 24.3 Å². The Morgan fingerprint density at radius 3 is 2.14 bits per heavy atom. The summed E-state index contributed by atoms with van der Waals surface area (Å²) in [6.45, 7) is 12.0. The van der Waals surface area contributed by atoms with Gasteiger partial charge in [0.1, 0.15) is 12.1 Å². The molecule has 4 fully saturated rings. The number of hydrogen-bond acceptors (Lipinski definition) is 5. The molecule has 6 atom stereocenters. The number of nitrogens with zero attached hydrogens (tertiary/aromatic N) is 1. The van der Waals surface area contributed by atoms with E-state index in [1.807, 2.05) is 13.8 Å². The van der Waals surface area contributed by atoms with E-state index in [2.05, 4.69) is 29.8 Å². The van der Waals surface area contributed by atoms with Crippen molar-refractivity contribution in [2.75, 3.05) is 6.54 Å². The van der Waals surface area contributed by atoms with Gasteiger partial charge in [0.05, 0.1) is 6.04 Å². The fourth-order valence-electron chi connectivity index (χ4n) is 5.77. The molecule has 0 aromatic carbocycles. The summed E-state index contributed by atoms with van der Waals surface area (Å²) < 4.78 is 0. The highest BCUT2D eigenvalue weighted by molar-refractivity contribution is 5.94. The molecule has 9 heteroatoms. The number of carbonyl (C=O) groups is 4. The first-order chi connectivity index (χ1) is 16.8. The summed E-state index contributed by atoms with van der Waals surface area (Å²) in [5.74, 6) is -0.979. The van der Waals surface area contributed by atoms with Gasteiger partial charge in [-0.05, 0) is 48.3 Å². The first kappa shape index (κ1) is 26.9. The van der Waals surface area contributed by atoms with E-state index in [-0.39, 0.29) is 52.8 Å². The van der Waals surface area contributed by atoms with E-state index >= 15 is 0 Å². The van der Waals surface area contributed by atoms with Gasteiger partial charge in [-0.2, -0.15) is 0 Å². The normalized spacial score (nSPS) is 28.8. The quantitative estimate of drug-likeness (QED) is 0.336. The molecule has 0 aromatic heterocycles. The Balaban J connectivity index is 1.50. The number of rotatable bonds is 11. The minimum atomic E-state index is -1.32. The van der Waals surface area contributed by atoms with Crippen molar-refractivity contribution >= 4 is 23.6 Å². The van der Waals surface area contributed by atoms with Crippen molar-refractivity contribution in [3.05, 3.63) is 0 Å². The molecule has 36 heavy (non-hydrogen) atoms. The van der Waals surface area contributed by atoms with E-state index in [9.17, 15) is 24.3 Å². The van der Waals surface area contributed by atoms with Gasteiger partial charge in [-0.25, -0.2) is 0 Å². The van der Waals surface area contributed by atoms with Crippen LogP contribution in [0.2, 0.25) is 0 Å². The van der Waals surface area contributed by atoms with Gasteiger partial charge < -0.3 is 26.0 Å². The van der Waals surface area contributed by atoms with Crippen molar-refractivity contribution in [3.8, 4) is 0 Å². The van der Waals surface area contributed by atoms with Gasteiger partial charge in [0.25, 0.3) is 5.91 Å². The monoisotopic (exact) mass is 504 g/mol. The molecular weight excluding hydrogens is 460 g/mol. The van der Waals surface area contributed by atoms with Crippen LogP contribution in [-0.4, -0.2) is 70.5 Å². The first-order valence-electron chi connectivity index (χ1n) is 13.7. The van der Waals surface area contributed by atoms with E-state index in [4.69, 9.17) is 0 Å². The molecule has 0 spiro atoms. The molecule has 4 aliphatic rings. The molecule has 3 saturated carbocycles. The highest BCUT2D eigenvalue weighted by atomic mass is 16.3. The number of hydrogen-bond donors (Lipinski definition) is 4. The Morgan fingerprint density at radius 2 is 1.61 bits per heavy atom.